The number of H-pyrrole nitrogens is 1. The summed E-state index contributed by atoms with van der Waals surface area (Å²) in [5.41, 5.74) is 2.15. The first kappa shape index (κ1) is 18.1. The molecule has 1 aliphatic heterocycles. The number of nitrogens with one attached hydrogen (secondary N) is 1. The molecule has 1 fully saturated rings. The van der Waals surface area contributed by atoms with Crippen LogP contribution in [0, 0.1) is 13.8 Å². The third-order valence-corrected chi connectivity index (χ3v) is 5.07. The van der Waals surface area contributed by atoms with Crippen LogP contribution in [0.4, 0.5) is 0 Å². The van der Waals surface area contributed by atoms with Crippen LogP contribution in [0.2, 0.25) is 0 Å². The van der Waals surface area contributed by atoms with Crippen LogP contribution in [0.5, 0.6) is 0 Å². The number of rotatable bonds is 3. The third-order valence-electron chi connectivity index (χ3n) is 5.07. The Morgan fingerprint density at radius 1 is 1.14 bits per heavy atom. The minimum atomic E-state index is -0.302. The lowest BCUT2D eigenvalue weighted by Crippen LogP contribution is -2.42. The maximum atomic E-state index is 13.0. The van der Waals surface area contributed by atoms with Crippen molar-refractivity contribution in [3.8, 4) is 0 Å². The number of carbonyl (C=O) groups is 1. The van der Waals surface area contributed by atoms with Gasteiger partial charge in [0.25, 0.3) is 11.1 Å². The molecule has 146 valence electrons. The molecule has 0 saturated carbocycles. The average Bonchev–Trinajstić information content (AvgIpc) is 3.09. The van der Waals surface area contributed by atoms with Gasteiger partial charge in [-0.05, 0) is 39.2 Å². The van der Waals surface area contributed by atoms with E-state index < -0.39 is 0 Å². The number of nitrogens with zero attached hydrogens (tertiary/aromatic N) is 5. The second-order valence-corrected chi connectivity index (χ2v) is 7.21. The highest BCUT2D eigenvalue weighted by atomic mass is 16.2. The molecule has 4 heterocycles. The molecule has 0 spiro atoms. The fourth-order valence-electron chi connectivity index (χ4n) is 3.74. The lowest BCUT2D eigenvalue weighted by Gasteiger charge is -2.35. The summed E-state index contributed by atoms with van der Waals surface area (Å²) < 4.78 is 2.59. The number of aromatic amines is 1. The van der Waals surface area contributed by atoms with Gasteiger partial charge in [-0.1, -0.05) is 0 Å². The van der Waals surface area contributed by atoms with Gasteiger partial charge >= 0.3 is 0 Å². The van der Waals surface area contributed by atoms with E-state index in [4.69, 9.17) is 0 Å². The quantitative estimate of drug-likeness (QED) is 0.726. The number of carbonyl (C=O) groups excluding carboxylic acids is 1. The molecule has 3 aromatic heterocycles. The Labute approximate surface area is 160 Å². The molecule has 1 aliphatic rings. The number of hydrogen-bond donors (Lipinski definition) is 1. The Hall–Kier alpha value is -3.23. The van der Waals surface area contributed by atoms with Crippen molar-refractivity contribution in [2.24, 2.45) is 0 Å². The molecule has 4 rings (SSSR count). The zero-order chi connectivity index (χ0) is 19.8. The molecule has 0 aliphatic carbocycles. The van der Waals surface area contributed by atoms with Gasteiger partial charge in [-0.3, -0.25) is 19.5 Å². The van der Waals surface area contributed by atoms with Crippen LogP contribution in [0.1, 0.15) is 42.4 Å². The van der Waals surface area contributed by atoms with E-state index in [9.17, 15) is 14.4 Å². The summed E-state index contributed by atoms with van der Waals surface area (Å²) in [5, 5.41) is 7.25. The standard InChI is InChI=1S/C19H22N6O3/c1-12-6-7-17(26)24(21-12)11-19(28)23-8-4-3-5-15(23)14-10-16-20-13(2)9-18(27)25(16)22-14/h6-7,9-10,15,22H,3-5,8,11H2,1-2H3. The summed E-state index contributed by atoms with van der Waals surface area (Å²) >= 11 is 0. The summed E-state index contributed by atoms with van der Waals surface area (Å²) in [5.74, 6) is -0.167. The van der Waals surface area contributed by atoms with Crippen molar-refractivity contribution in [2.75, 3.05) is 6.54 Å². The summed E-state index contributed by atoms with van der Waals surface area (Å²) in [4.78, 5) is 43.3. The number of piperidine rings is 1. The highest BCUT2D eigenvalue weighted by Crippen LogP contribution is 2.30. The lowest BCUT2D eigenvalue weighted by molar-refractivity contribution is -0.136. The van der Waals surface area contributed by atoms with Gasteiger partial charge in [-0.2, -0.15) is 5.10 Å². The normalized spacial score (nSPS) is 17.2. The van der Waals surface area contributed by atoms with Gasteiger partial charge < -0.3 is 4.90 Å². The molecule has 1 amide bonds. The van der Waals surface area contributed by atoms with Gasteiger partial charge in [0.05, 0.1) is 17.4 Å². The van der Waals surface area contributed by atoms with Crippen LogP contribution in [0.15, 0.2) is 33.9 Å². The second kappa shape index (κ2) is 7.06. The van der Waals surface area contributed by atoms with Crippen molar-refractivity contribution < 1.29 is 4.79 Å². The second-order valence-electron chi connectivity index (χ2n) is 7.21. The summed E-state index contributed by atoms with van der Waals surface area (Å²) in [6.07, 6.45) is 2.66. The number of hydrogen-bond acceptors (Lipinski definition) is 5. The van der Waals surface area contributed by atoms with Gasteiger partial charge in [-0.15, -0.1) is 0 Å². The van der Waals surface area contributed by atoms with E-state index in [0.29, 0.717) is 23.6 Å². The fourth-order valence-corrected chi connectivity index (χ4v) is 3.74. The first-order valence-electron chi connectivity index (χ1n) is 9.36. The number of amides is 1. The van der Waals surface area contributed by atoms with Gasteiger partial charge in [0.2, 0.25) is 5.91 Å². The number of likely N-dealkylation sites (tertiary alicyclic amines) is 1. The van der Waals surface area contributed by atoms with Crippen molar-refractivity contribution in [3.63, 3.8) is 0 Å². The Kier molecular flexibility index (Phi) is 4.58. The number of fused-ring (bicyclic) bond motifs is 1. The lowest BCUT2D eigenvalue weighted by atomic mass is 9.99. The van der Waals surface area contributed by atoms with Crippen molar-refractivity contribution in [2.45, 2.75) is 45.7 Å². The van der Waals surface area contributed by atoms with Crippen LogP contribution in [0.3, 0.4) is 0 Å². The topological polar surface area (TPSA) is 105 Å². The maximum absolute atomic E-state index is 13.0. The largest absolute Gasteiger partial charge is 0.333 e. The Bertz CT molecular complexity index is 1160. The molecule has 9 heteroatoms. The molecule has 1 saturated heterocycles. The molecular weight excluding hydrogens is 360 g/mol. The molecule has 1 unspecified atom stereocenters. The molecule has 0 aromatic carbocycles. The predicted octanol–water partition coefficient (Wildman–Crippen LogP) is 0.950. The molecule has 0 radical (unpaired) electrons. The molecular formula is C19H22N6O3. The summed E-state index contributed by atoms with van der Waals surface area (Å²) in [7, 11) is 0. The van der Waals surface area contributed by atoms with Crippen LogP contribution >= 0.6 is 0 Å². The highest BCUT2D eigenvalue weighted by Gasteiger charge is 2.30. The molecule has 9 nitrogen and oxygen atoms in total. The predicted molar refractivity (Wildman–Crippen MR) is 102 cm³/mol. The van der Waals surface area contributed by atoms with Crippen molar-refractivity contribution in [1.82, 2.24) is 29.3 Å². The van der Waals surface area contributed by atoms with Crippen LogP contribution in [-0.4, -0.2) is 41.7 Å². The zero-order valence-electron chi connectivity index (χ0n) is 15.9. The summed E-state index contributed by atoms with van der Waals surface area (Å²) in [6, 6.07) is 6.14. The van der Waals surface area contributed by atoms with E-state index in [0.717, 1.165) is 25.0 Å². The third kappa shape index (κ3) is 3.35. The molecule has 28 heavy (non-hydrogen) atoms. The Morgan fingerprint density at radius 3 is 2.79 bits per heavy atom. The zero-order valence-corrected chi connectivity index (χ0v) is 15.9. The van der Waals surface area contributed by atoms with Crippen LogP contribution in [0.25, 0.3) is 5.65 Å². The van der Waals surface area contributed by atoms with Gasteiger partial charge in [-0.25, -0.2) is 14.2 Å². The fraction of sp³-hybridized carbons (Fsp3) is 0.421. The van der Waals surface area contributed by atoms with Gasteiger partial charge in [0, 0.05) is 30.4 Å². The SMILES string of the molecule is Cc1cc(=O)n2[nH]c(C3CCCCN3C(=O)Cn3nc(C)ccc3=O)cc2n1. The number of aryl methyl sites for hydroxylation is 2. The van der Waals surface area contributed by atoms with Gasteiger partial charge in [0.1, 0.15) is 6.54 Å². The van der Waals surface area contributed by atoms with Crippen molar-refractivity contribution >= 4 is 11.6 Å². The smallest absolute Gasteiger partial charge is 0.272 e. The minimum Gasteiger partial charge on any atom is -0.333 e. The van der Waals surface area contributed by atoms with E-state index in [1.807, 2.05) is 6.07 Å². The molecule has 0 bridgehead atoms. The van der Waals surface area contributed by atoms with Crippen LogP contribution < -0.4 is 11.1 Å². The van der Waals surface area contributed by atoms with Crippen molar-refractivity contribution in [3.05, 3.63) is 62.1 Å². The molecule has 1 atom stereocenters. The molecule has 1 N–H and O–H groups in total. The van der Waals surface area contributed by atoms with Gasteiger partial charge in [0.15, 0.2) is 5.65 Å². The number of aromatic nitrogens is 5. The van der Waals surface area contributed by atoms with E-state index >= 15 is 0 Å². The summed E-state index contributed by atoms with van der Waals surface area (Å²) in [6.45, 7) is 4.05. The minimum absolute atomic E-state index is 0.103. The maximum Gasteiger partial charge on any atom is 0.272 e. The van der Waals surface area contributed by atoms with E-state index in [1.54, 1.807) is 24.8 Å². The monoisotopic (exact) mass is 382 g/mol. The first-order valence-corrected chi connectivity index (χ1v) is 9.36. The average molecular weight is 382 g/mol. The van der Waals surface area contributed by atoms with Crippen LogP contribution in [-0.2, 0) is 11.3 Å². The van der Waals surface area contributed by atoms with E-state index in [2.05, 4.69) is 15.2 Å². The molecule has 3 aromatic rings. The Morgan fingerprint density at radius 2 is 1.96 bits per heavy atom. The first-order chi connectivity index (χ1) is 13.4. The Balaban J connectivity index is 1.65. The van der Waals surface area contributed by atoms with E-state index in [1.165, 1.54) is 21.3 Å². The highest BCUT2D eigenvalue weighted by molar-refractivity contribution is 5.76. The van der Waals surface area contributed by atoms with E-state index in [-0.39, 0.29) is 29.6 Å². The van der Waals surface area contributed by atoms with Crippen molar-refractivity contribution in [1.29, 1.82) is 0 Å².